The van der Waals surface area contributed by atoms with Crippen molar-refractivity contribution in [2.75, 3.05) is 6.61 Å². The third-order valence-electron chi connectivity index (χ3n) is 2.86. The van der Waals surface area contributed by atoms with Gasteiger partial charge < -0.3 is 14.9 Å². The van der Waals surface area contributed by atoms with Crippen LogP contribution in [0.5, 0.6) is 0 Å². The Kier molecular flexibility index (Phi) is 14.5. The van der Waals surface area contributed by atoms with Crippen molar-refractivity contribution in [3.05, 3.63) is 37.0 Å². The summed E-state index contributed by atoms with van der Waals surface area (Å²) in [6, 6.07) is 0. The van der Waals surface area contributed by atoms with Crippen LogP contribution in [0.1, 0.15) is 39.5 Å². The number of hydrogen-bond acceptors (Lipinski definition) is 4. The Hall–Kier alpha value is -2.37. The largest absolute Gasteiger partial charge is 0.478 e. The van der Waals surface area contributed by atoms with Gasteiger partial charge in [0.25, 0.3) is 0 Å². The lowest BCUT2D eigenvalue weighted by atomic mass is 10.0. The molecule has 0 aromatic carbocycles. The van der Waals surface area contributed by atoms with Crippen molar-refractivity contribution in [1.29, 1.82) is 0 Å². The molecule has 1 atom stereocenters. The highest BCUT2D eigenvalue weighted by atomic mass is 16.5. The summed E-state index contributed by atoms with van der Waals surface area (Å²) in [5.41, 5.74) is 0.0581. The van der Waals surface area contributed by atoms with Gasteiger partial charge in [0.05, 0.1) is 12.2 Å². The molecule has 0 radical (unpaired) electrons. The van der Waals surface area contributed by atoms with Crippen molar-refractivity contribution in [2.24, 2.45) is 5.92 Å². The molecule has 6 heteroatoms. The molecule has 1 unspecified atom stereocenters. The molecular weight excluding hydrogens is 300 g/mol. The number of ether oxygens (including phenoxy) is 1. The zero-order valence-electron chi connectivity index (χ0n) is 13.8. The highest BCUT2D eigenvalue weighted by Crippen LogP contribution is 2.13. The molecule has 0 saturated heterocycles. The zero-order valence-corrected chi connectivity index (χ0v) is 13.8. The van der Waals surface area contributed by atoms with E-state index in [-0.39, 0.29) is 5.57 Å². The van der Waals surface area contributed by atoms with Crippen LogP contribution in [0.3, 0.4) is 0 Å². The summed E-state index contributed by atoms with van der Waals surface area (Å²) in [4.78, 5) is 31.0. The molecule has 0 saturated carbocycles. The first-order valence-corrected chi connectivity index (χ1v) is 7.40. The predicted octanol–water partition coefficient (Wildman–Crippen LogP) is 3.20. The van der Waals surface area contributed by atoms with Crippen molar-refractivity contribution >= 4 is 17.9 Å². The molecule has 0 rings (SSSR count). The second kappa shape index (κ2) is 14.6. The van der Waals surface area contributed by atoms with E-state index in [1.165, 1.54) is 0 Å². The summed E-state index contributed by atoms with van der Waals surface area (Å²) in [6.45, 7) is 11.0. The zero-order chi connectivity index (χ0) is 18.3. The van der Waals surface area contributed by atoms with Crippen molar-refractivity contribution < 1.29 is 29.3 Å². The van der Waals surface area contributed by atoms with Crippen LogP contribution in [0.25, 0.3) is 0 Å². The fraction of sp³-hybridized carbons (Fsp3) is 0.471. The van der Waals surface area contributed by atoms with Gasteiger partial charge in [-0.2, -0.15) is 0 Å². The van der Waals surface area contributed by atoms with E-state index in [4.69, 9.17) is 14.9 Å². The number of unbranched alkanes of at least 4 members (excludes halogenated alkanes) is 1. The topological polar surface area (TPSA) is 101 Å². The Bertz CT molecular complexity index is 436. The number of carboxylic acid groups (broad SMARTS) is 2. The third-order valence-corrected chi connectivity index (χ3v) is 2.86. The molecule has 130 valence electrons. The van der Waals surface area contributed by atoms with E-state index >= 15 is 0 Å². The SMILES string of the molecule is C=C(C=CC(=O)O)C(=O)OCC(CC)CCCC.C=CC(=O)O. The van der Waals surface area contributed by atoms with Crippen molar-refractivity contribution in [3.8, 4) is 0 Å². The molecule has 2 N–H and O–H groups in total. The molecule has 0 aliphatic heterocycles. The minimum atomic E-state index is -1.11. The van der Waals surface area contributed by atoms with Crippen LogP contribution in [0, 0.1) is 5.92 Å². The van der Waals surface area contributed by atoms with Crippen molar-refractivity contribution in [3.63, 3.8) is 0 Å². The van der Waals surface area contributed by atoms with E-state index in [9.17, 15) is 14.4 Å². The Morgan fingerprint density at radius 3 is 2.09 bits per heavy atom. The summed E-state index contributed by atoms with van der Waals surface area (Å²) >= 11 is 0. The summed E-state index contributed by atoms with van der Waals surface area (Å²) in [6.07, 6.45) is 7.10. The van der Waals surface area contributed by atoms with Crippen LogP contribution in [-0.2, 0) is 19.1 Å². The van der Waals surface area contributed by atoms with Gasteiger partial charge in [-0.3, -0.25) is 0 Å². The molecule has 0 fully saturated rings. The maximum absolute atomic E-state index is 11.5. The number of aliphatic carboxylic acids is 2. The van der Waals surface area contributed by atoms with Crippen LogP contribution in [0.15, 0.2) is 37.0 Å². The lowest BCUT2D eigenvalue weighted by molar-refractivity contribution is -0.140. The number of esters is 1. The normalized spacial score (nSPS) is 11.0. The predicted molar refractivity (Wildman–Crippen MR) is 88.0 cm³/mol. The van der Waals surface area contributed by atoms with E-state index in [0.29, 0.717) is 12.5 Å². The molecule has 0 aromatic heterocycles. The minimum Gasteiger partial charge on any atom is -0.478 e. The van der Waals surface area contributed by atoms with Crippen LogP contribution < -0.4 is 0 Å². The molecule has 0 aromatic rings. The number of carbonyl (C=O) groups excluding carboxylic acids is 1. The highest BCUT2D eigenvalue weighted by molar-refractivity contribution is 5.93. The van der Waals surface area contributed by atoms with Crippen LogP contribution >= 0.6 is 0 Å². The number of carbonyl (C=O) groups is 3. The molecule has 0 heterocycles. The van der Waals surface area contributed by atoms with E-state index in [1.54, 1.807) is 0 Å². The first-order valence-electron chi connectivity index (χ1n) is 7.40. The molecular formula is C17H26O6. The maximum Gasteiger partial charge on any atom is 0.337 e. The van der Waals surface area contributed by atoms with Gasteiger partial charge in [-0.15, -0.1) is 0 Å². The Morgan fingerprint density at radius 2 is 1.70 bits per heavy atom. The maximum atomic E-state index is 11.5. The van der Waals surface area contributed by atoms with Crippen LogP contribution in [0.4, 0.5) is 0 Å². The molecule has 23 heavy (non-hydrogen) atoms. The smallest absolute Gasteiger partial charge is 0.337 e. The number of carboxylic acids is 2. The van der Waals surface area contributed by atoms with Gasteiger partial charge in [-0.1, -0.05) is 46.3 Å². The van der Waals surface area contributed by atoms with Gasteiger partial charge in [0.1, 0.15) is 0 Å². The third kappa shape index (κ3) is 15.8. The Balaban J connectivity index is 0. The van der Waals surface area contributed by atoms with Gasteiger partial charge in [-0.25, -0.2) is 14.4 Å². The molecule has 0 aliphatic carbocycles. The molecule has 0 aliphatic rings. The van der Waals surface area contributed by atoms with Gasteiger partial charge in [0, 0.05) is 12.2 Å². The minimum absolute atomic E-state index is 0.0581. The summed E-state index contributed by atoms with van der Waals surface area (Å²) < 4.78 is 5.10. The summed E-state index contributed by atoms with van der Waals surface area (Å²) in [5, 5.41) is 16.0. The Morgan fingerprint density at radius 1 is 1.13 bits per heavy atom. The first kappa shape index (κ1) is 22.9. The van der Waals surface area contributed by atoms with E-state index in [0.717, 1.165) is 43.9 Å². The summed E-state index contributed by atoms with van der Waals surface area (Å²) in [7, 11) is 0. The number of hydrogen-bond donors (Lipinski definition) is 2. The fourth-order valence-electron chi connectivity index (χ4n) is 1.42. The first-order chi connectivity index (χ1) is 10.8. The average Bonchev–Trinajstić information content (AvgIpc) is 2.52. The van der Waals surface area contributed by atoms with E-state index in [2.05, 4.69) is 27.0 Å². The van der Waals surface area contributed by atoms with E-state index in [1.807, 2.05) is 0 Å². The fourth-order valence-corrected chi connectivity index (χ4v) is 1.42. The lowest BCUT2D eigenvalue weighted by Gasteiger charge is -2.14. The molecule has 0 spiro atoms. The lowest BCUT2D eigenvalue weighted by Crippen LogP contribution is -2.14. The highest BCUT2D eigenvalue weighted by Gasteiger charge is 2.11. The summed E-state index contributed by atoms with van der Waals surface area (Å²) in [5.74, 6) is -2.28. The van der Waals surface area contributed by atoms with E-state index < -0.39 is 17.9 Å². The van der Waals surface area contributed by atoms with Gasteiger partial charge in [0.2, 0.25) is 0 Å². The quantitative estimate of drug-likeness (QED) is 0.363. The second-order valence-corrected chi connectivity index (χ2v) is 4.75. The van der Waals surface area contributed by atoms with Crippen LogP contribution in [0.2, 0.25) is 0 Å². The standard InChI is InChI=1S/C14H22O4.C3H4O2/c1-4-6-7-12(5-2)10-18-14(17)11(3)8-9-13(15)16;1-2-3(4)5/h8-9,12H,3-7,10H2,1-2H3,(H,15,16);2H,1H2,(H,4,5). The molecule has 6 nitrogen and oxygen atoms in total. The van der Waals surface area contributed by atoms with Gasteiger partial charge in [-0.05, 0) is 18.4 Å². The van der Waals surface area contributed by atoms with Crippen molar-refractivity contribution in [2.45, 2.75) is 39.5 Å². The molecule has 0 bridgehead atoms. The number of rotatable bonds is 10. The van der Waals surface area contributed by atoms with Crippen LogP contribution in [-0.4, -0.2) is 34.7 Å². The average molecular weight is 326 g/mol. The Labute approximate surface area is 137 Å². The van der Waals surface area contributed by atoms with Gasteiger partial charge >= 0.3 is 17.9 Å². The monoisotopic (exact) mass is 326 g/mol. The van der Waals surface area contributed by atoms with Crippen molar-refractivity contribution in [1.82, 2.24) is 0 Å². The van der Waals surface area contributed by atoms with Gasteiger partial charge in [0.15, 0.2) is 0 Å². The second-order valence-electron chi connectivity index (χ2n) is 4.75. The molecule has 0 amide bonds.